The van der Waals surface area contributed by atoms with Crippen LogP contribution >= 0.6 is 0 Å². The molecule has 0 fully saturated rings. The first kappa shape index (κ1) is 18.1. The van der Waals surface area contributed by atoms with Gasteiger partial charge >= 0.3 is 0 Å². The van der Waals surface area contributed by atoms with Gasteiger partial charge in [0.2, 0.25) is 5.95 Å². The van der Waals surface area contributed by atoms with Gasteiger partial charge < -0.3 is 9.47 Å². The molecule has 0 aliphatic carbocycles. The molecule has 0 unspecified atom stereocenters. The van der Waals surface area contributed by atoms with Crippen LogP contribution in [0.1, 0.15) is 16.8 Å². The lowest BCUT2D eigenvalue weighted by atomic mass is 10.2. The number of aromatic amines is 1. The van der Waals surface area contributed by atoms with E-state index in [1.807, 2.05) is 42.5 Å². The van der Waals surface area contributed by atoms with E-state index in [4.69, 9.17) is 9.47 Å². The fourth-order valence-corrected chi connectivity index (χ4v) is 2.23. The third kappa shape index (κ3) is 4.91. The fraction of sp³-hybridized carbons (Fsp3) is 0.158. The molecule has 27 heavy (non-hydrogen) atoms. The highest BCUT2D eigenvalue weighted by atomic mass is 16.5. The Morgan fingerprint density at radius 2 is 1.96 bits per heavy atom. The highest BCUT2D eigenvalue weighted by Gasteiger charge is 2.06. The molecule has 0 aliphatic heterocycles. The van der Waals surface area contributed by atoms with Crippen molar-refractivity contribution in [3.05, 3.63) is 75.7 Å². The van der Waals surface area contributed by atoms with Crippen molar-refractivity contribution in [3.63, 3.8) is 0 Å². The van der Waals surface area contributed by atoms with Crippen LogP contribution in [0.4, 0.5) is 5.95 Å². The standard InChI is InChI=1S/C19H19N5O3/c1-13-18(25)21-19(24-22-13)23-20-11-15-8-9-16(26-2)17(10-15)27-12-14-6-4-3-5-7-14/h3-11H,12H2,1-2H3,(H2,21,23,24,25)/b20-11+. The predicted octanol–water partition coefficient (Wildman–Crippen LogP) is 2.51. The van der Waals surface area contributed by atoms with Crippen molar-refractivity contribution in [1.82, 2.24) is 15.2 Å². The van der Waals surface area contributed by atoms with Crippen LogP contribution in [-0.4, -0.2) is 28.5 Å². The van der Waals surface area contributed by atoms with Crippen LogP contribution in [0.5, 0.6) is 11.5 Å². The molecular formula is C19H19N5O3. The molecule has 0 bridgehead atoms. The maximum absolute atomic E-state index is 11.5. The summed E-state index contributed by atoms with van der Waals surface area (Å²) in [5.41, 5.74) is 4.45. The molecule has 0 amide bonds. The molecule has 1 heterocycles. The molecule has 1 aromatic heterocycles. The normalized spacial score (nSPS) is 10.7. The summed E-state index contributed by atoms with van der Waals surface area (Å²) in [5.74, 6) is 1.40. The average molecular weight is 365 g/mol. The van der Waals surface area contributed by atoms with Crippen molar-refractivity contribution in [2.45, 2.75) is 13.5 Å². The minimum absolute atomic E-state index is 0.163. The molecule has 8 heteroatoms. The van der Waals surface area contributed by atoms with Crippen molar-refractivity contribution in [2.24, 2.45) is 5.10 Å². The van der Waals surface area contributed by atoms with E-state index in [1.54, 1.807) is 26.3 Å². The van der Waals surface area contributed by atoms with Crippen molar-refractivity contribution in [2.75, 3.05) is 12.5 Å². The summed E-state index contributed by atoms with van der Waals surface area (Å²) in [7, 11) is 1.59. The Bertz CT molecular complexity index is 986. The van der Waals surface area contributed by atoms with E-state index in [0.717, 1.165) is 11.1 Å². The van der Waals surface area contributed by atoms with Crippen LogP contribution in [0.15, 0.2) is 58.4 Å². The highest BCUT2D eigenvalue weighted by molar-refractivity contribution is 5.81. The topological polar surface area (TPSA) is 101 Å². The monoisotopic (exact) mass is 365 g/mol. The van der Waals surface area contributed by atoms with E-state index >= 15 is 0 Å². The summed E-state index contributed by atoms with van der Waals surface area (Å²) in [5, 5.41) is 11.6. The Kier molecular flexibility index (Phi) is 5.78. The van der Waals surface area contributed by atoms with Gasteiger partial charge in [-0.15, -0.1) is 10.2 Å². The third-order valence-corrected chi connectivity index (χ3v) is 3.67. The predicted molar refractivity (Wildman–Crippen MR) is 102 cm³/mol. The minimum atomic E-state index is -0.316. The van der Waals surface area contributed by atoms with Gasteiger partial charge in [-0.2, -0.15) is 5.10 Å². The fourth-order valence-electron chi connectivity index (χ4n) is 2.23. The molecule has 0 atom stereocenters. The number of anilines is 1. The van der Waals surface area contributed by atoms with Crippen LogP contribution in [0.25, 0.3) is 0 Å². The summed E-state index contributed by atoms with van der Waals surface area (Å²) in [4.78, 5) is 14.0. The number of nitrogens with one attached hydrogen (secondary N) is 2. The molecular weight excluding hydrogens is 346 g/mol. The Balaban J connectivity index is 1.70. The minimum Gasteiger partial charge on any atom is -0.493 e. The zero-order valence-electron chi connectivity index (χ0n) is 15.0. The van der Waals surface area contributed by atoms with E-state index in [9.17, 15) is 4.79 Å². The maximum atomic E-state index is 11.5. The number of nitrogens with zero attached hydrogens (tertiary/aromatic N) is 3. The molecule has 3 aromatic rings. The van der Waals surface area contributed by atoms with Gasteiger partial charge in [0.05, 0.1) is 13.3 Å². The van der Waals surface area contributed by atoms with Gasteiger partial charge in [0, 0.05) is 0 Å². The summed E-state index contributed by atoms with van der Waals surface area (Å²) in [6.45, 7) is 2.00. The second-order valence-electron chi connectivity index (χ2n) is 5.64. The molecule has 0 saturated heterocycles. The number of aryl methyl sites for hydroxylation is 1. The smallest absolute Gasteiger partial charge is 0.274 e. The molecule has 138 valence electrons. The third-order valence-electron chi connectivity index (χ3n) is 3.67. The maximum Gasteiger partial charge on any atom is 0.274 e. The molecule has 3 rings (SSSR count). The van der Waals surface area contributed by atoms with E-state index < -0.39 is 0 Å². The SMILES string of the molecule is COc1ccc(/C=N/Nc2nnc(C)c(=O)[nH]2)cc1OCc1ccccc1. The first-order valence-electron chi connectivity index (χ1n) is 8.23. The molecule has 2 N–H and O–H groups in total. The van der Waals surface area contributed by atoms with E-state index in [1.165, 1.54) is 0 Å². The van der Waals surface area contributed by atoms with E-state index in [2.05, 4.69) is 25.7 Å². The number of hydrazone groups is 1. The van der Waals surface area contributed by atoms with Crippen molar-refractivity contribution < 1.29 is 9.47 Å². The van der Waals surface area contributed by atoms with Crippen LogP contribution in [0.3, 0.4) is 0 Å². The van der Waals surface area contributed by atoms with Crippen molar-refractivity contribution >= 4 is 12.2 Å². The molecule has 8 nitrogen and oxygen atoms in total. The molecule has 0 saturated carbocycles. The lowest BCUT2D eigenvalue weighted by Gasteiger charge is -2.11. The van der Waals surface area contributed by atoms with Crippen molar-refractivity contribution in [1.29, 1.82) is 0 Å². The van der Waals surface area contributed by atoms with Crippen LogP contribution in [-0.2, 0) is 6.61 Å². The van der Waals surface area contributed by atoms with Crippen molar-refractivity contribution in [3.8, 4) is 11.5 Å². The zero-order chi connectivity index (χ0) is 19.1. The Labute approximate surface area is 155 Å². The Morgan fingerprint density at radius 3 is 2.70 bits per heavy atom. The first-order valence-corrected chi connectivity index (χ1v) is 8.23. The lowest BCUT2D eigenvalue weighted by Crippen LogP contribution is -2.15. The molecule has 0 spiro atoms. The van der Waals surface area contributed by atoms with Crippen LogP contribution in [0, 0.1) is 6.92 Å². The molecule has 2 aromatic carbocycles. The number of H-pyrrole nitrogens is 1. The number of hydrogen-bond donors (Lipinski definition) is 2. The summed E-state index contributed by atoms with van der Waals surface area (Å²) >= 11 is 0. The van der Waals surface area contributed by atoms with Gasteiger partial charge in [-0.25, -0.2) is 5.43 Å². The number of hydrogen-bond acceptors (Lipinski definition) is 7. The number of benzene rings is 2. The van der Waals surface area contributed by atoms with Gasteiger partial charge in [0.25, 0.3) is 5.56 Å². The lowest BCUT2D eigenvalue weighted by molar-refractivity contribution is 0.284. The highest BCUT2D eigenvalue weighted by Crippen LogP contribution is 2.28. The molecule has 0 radical (unpaired) electrons. The quantitative estimate of drug-likeness (QED) is 0.493. The van der Waals surface area contributed by atoms with Crippen LogP contribution < -0.4 is 20.5 Å². The van der Waals surface area contributed by atoms with E-state index in [0.29, 0.717) is 23.8 Å². The average Bonchev–Trinajstić information content (AvgIpc) is 2.70. The van der Waals surface area contributed by atoms with Gasteiger partial charge in [0.1, 0.15) is 12.3 Å². The van der Waals surface area contributed by atoms with Gasteiger partial charge in [-0.1, -0.05) is 30.3 Å². The Morgan fingerprint density at radius 1 is 1.15 bits per heavy atom. The number of rotatable bonds is 7. The second-order valence-corrected chi connectivity index (χ2v) is 5.64. The second kappa shape index (κ2) is 8.61. The van der Waals surface area contributed by atoms with Crippen LogP contribution in [0.2, 0.25) is 0 Å². The summed E-state index contributed by atoms with van der Waals surface area (Å²) in [6, 6.07) is 15.3. The Hall–Kier alpha value is -3.68. The number of aromatic nitrogens is 3. The number of ether oxygens (including phenoxy) is 2. The molecule has 0 aliphatic rings. The van der Waals surface area contributed by atoms with Gasteiger partial charge in [-0.3, -0.25) is 9.78 Å². The summed E-state index contributed by atoms with van der Waals surface area (Å²) in [6.07, 6.45) is 1.58. The van der Waals surface area contributed by atoms with Gasteiger partial charge in [0.15, 0.2) is 11.5 Å². The largest absolute Gasteiger partial charge is 0.493 e. The van der Waals surface area contributed by atoms with E-state index in [-0.39, 0.29) is 11.5 Å². The first-order chi connectivity index (χ1) is 13.2. The zero-order valence-corrected chi connectivity index (χ0v) is 15.0. The summed E-state index contributed by atoms with van der Waals surface area (Å²) < 4.78 is 11.2. The number of methoxy groups -OCH3 is 1. The van der Waals surface area contributed by atoms with Gasteiger partial charge in [-0.05, 0) is 36.2 Å².